The first-order valence-corrected chi connectivity index (χ1v) is 5.43. The van der Waals surface area contributed by atoms with E-state index in [0.29, 0.717) is 23.0 Å². The van der Waals surface area contributed by atoms with Crippen LogP contribution in [0, 0.1) is 11.3 Å². The summed E-state index contributed by atoms with van der Waals surface area (Å²) in [5.41, 5.74) is 0.247. The number of nitrogens with zero attached hydrogens (tertiary/aromatic N) is 2. The van der Waals surface area contributed by atoms with E-state index < -0.39 is 5.69 Å². The third kappa shape index (κ3) is 2.19. The molecule has 0 fully saturated rings. The van der Waals surface area contributed by atoms with Gasteiger partial charge in [0.1, 0.15) is 17.6 Å². The van der Waals surface area contributed by atoms with E-state index in [4.69, 9.17) is 14.7 Å². The van der Waals surface area contributed by atoms with Gasteiger partial charge in [0, 0.05) is 17.8 Å². The average molecular weight is 256 g/mol. The molecule has 0 unspecified atom stereocenters. The van der Waals surface area contributed by atoms with E-state index >= 15 is 0 Å². The number of fused-ring (bicyclic) bond motifs is 1. The van der Waals surface area contributed by atoms with Crippen LogP contribution in [0.15, 0.2) is 29.1 Å². The molecule has 0 amide bonds. The lowest BCUT2D eigenvalue weighted by molar-refractivity contribution is 0.174. The molecule has 3 rings (SSSR count). The fourth-order valence-electron chi connectivity index (χ4n) is 1.70. The Morgan fingerprint density at radius 2 is 2.16 bits per heavy atom. The first-order chi connectivity index (χ1) is 9.24. The van der Waals surface area contributed by atoms with Crippen molar-refractivity contribution in [2.45, 2.75) is 0 Å². The molecule has 0 spiro atoms. The van der Waals surface area contributed by atoms with E-state index in [1.165, 1.54) is 6.07 Å². The van der Waals surface area contributed by atoms with Gasteiger partial charge in [-0.25, -0.2) is 4.79 Å². The maximum atomic E-state index is 11.2. The Morgan fingerprint density at radius 3 is 3.00 bits per heavy atom. The summed E-state index contributed by atoms with van der Waals surface area (Å²) in [6, 6.07) is 8.56. The second-order valence-corrected chi connectivity index (χ2v) is 3.79. The molecule has 19 heavy (non-hydrogen) atoms. The van der Waals surface area contributed by atoms with E-state index in [2.05, 4.69) is 15.3 Å². The summed E-state index contributed by atoms with van der Waals surface area (Å²) in [4.78, 5) is 17.3. The minimum Gasteiger partial charge on any atom is -0.454 e. The molecule has 1 aromatic carbocycles. The molecule has 7 heteroatoms. The van der Waals surface area contributed by atoms with Gasteiger partial charge in [0.15, 0.2) is 11.5 Å². The van der Waals surface area contributed by atoms with Crippen molar-refractivity contribution in [2.24, 2.45) is 0 Å². The normalized spacial score (nSPS) is 11.9. The maximum Gasteiger partial charge on any atom is 0.347 e. The minimum absolute atomic E-state index is 0.142. The summed E-state index contributed by atoms with van der Waals surface area (Å²) >= 11 is 0. The second kappa shape index (κ2) is 4.34. The maximum absolute atomic E-state index is 11.2. The fraction of sp³-hybridized carbons (Fsp3) is 0.0833. The van der Waals surface area contributed by atoms with Crippen molar-refractivity contribution in [3.05, 3.63) is 40.4 Å². The van der Waals surface area contributed by atoms with Gasteiger partial charge in [0.25, 0.3) is 0 Å². The Morgan fingerprint density at radius 1 is 1.32 bits per heavy atom. The molecule has 0 saturated carbocycles. The van der Waals surface area contributed by atoms with E-state index in [0.717, 1.165) is 0 Å². The zero-order valence-electron chi connectivity index (χ0n) is 9.64. The number of H-pyrrole nitrogens is 1. The molecular weight excluding hydrogens is 248 g/mol. The molecule has 0 bridgehead atoms. The lowest BCUT2D eigenvalue weighted by atomic mass is 10.2. The number of aromatic nitrogens is 2. The molecule has 94 valence electrons. The molecule has 0 saturated heterocycles. The molecule has 0 atom stereocenters. The van der Waals surface area contributed by atoms with E-state index in [1.54, 1.807) is 18.2 Å². The van der Waals surface area contributed by atoms with Gasteiger partial charge in [-0.15, -0.1) is 0 Å². The summed E-state index contributed by atoms with van der Waals surface area (Å²) in [6.45, 7) is 0.195. The van der Waals surface area contributed by atoms with Crippen LogP contribution in [-0.4, -0.2) is 16.8 Å². The summed E-state index contributed by atoms with van der Waals surface area (Å²) in [6.07, 6.45) is 0. The van der Waals surface area contributed by atoms with E-state index in [-0.39, 0.29) is 12.5 Å². The zero-order chi connectivity index (χ0) is 13.2. The Kier molecular flexibility index (Phi) is 2.54. The highest BCUT2D eigenvalue weighted by Crippen LogP contribution is 2.34. The molecule has 1 aliphatic rings. The molecule has 2 N–H and O–H groups in total. The largest absolute Gasteiger partial charge is 0.454 e. The van der Waals surface area contributed by atoms with Crippen molar-refractivity contribution in [3.8, 4) is 17.6 Å². The molecule has 0 radical (unpaired) electrons. The predicted octanol–water partition coefficient (Wildman–Crippen LogP) is 1.11. The van der Waals surface area contributed by atoms with Crippen LogP contribution in [0.1, 0.15) is 5.69 Å². The quantitative estimate of drug-likeness (QED) is 0.834. The highest BCUT2D eigenvalue weighted by atomic mass is 16.7. The van der Waals surface area contributed by atoms with Gasteiger partial charge >= 0.3 is 5.69 Å². The van der Waals surface area contributed by atoms with Crippen LogP contribution in [0.4, 0.5) is 11.5 Å². The number of rotatable bonds is 2. The van der Waals surface area contributed by atoms with Gasteiger partial charge in [-0.1, -0.05) is 0 Å². The van der Waals surface area contributed by atoms with Crippen molar-refractivity contribution >= 4 is 11.5 Å². The number of anilines is 2. The van der Waals surface area contributed by atoms with Crippen LogP contribution in [-0.2, 0) is 0 Å². The van der Waals surface area contributed by atoms with Crippen molar-refractivity contribution < 1.29 is 9.47 Å². The number of benzene rings is 1. The van der Waals surface area contributed by atoms with Crippen LogP contribution in [0.3, 0.4) is 0 Å². The van der Waals surface area contributed by atoms with Gasteiger partial charge in [-0.3, -0.25) is 4.98 Å². The first-order valence-electron chi connectivity index (χ1n) is 5.43. The summed E-state index contributed by atoms with van der Waals surface area (Å²) in [5, 5.41) is 11.7. The number of hydrogen-bond donors (Lipinski definition) is 2. The Bertz CT molecular complexity index is 732. The van der Waals surface area contributed by atoms with Gasteiger partial charge in [0.05, 0.1) is 0 Å². The van der Waals surface area contributed by atoms with Gasteiger partial charge in [0.2, 0.25) is 6.79 Å². The summed E-state index contributed by atoms with van der Waals surface area (Å²) in [7, 11) is 0. The Hall–Kier alpha value is -3.01. The van der Waals surface area contributed by atoms with Gasteiger partial charge in [-0.05, 0) is 12.1 Å². The topological polar surface area (TPSA) is 100 Å². The Labute approximate surface area is 107 Å². The van der Waals surface area contributed by atoms with Crippen LogP contribution < -0.4 is 20.5 Å². The van der Waals surface area contributed by atoms with Gasteiger partial charge < -0.3 is 14.8 Å². The van der Waals surface area contributed by atoms with Crippen LogP contribution >= 0.6 is 0 Å². The number of aromatic amines is 1. The third-order valence-corrected chi connectivity index (χ3v) is 2.51. The zero-order valence-corrected chi connectivity index (χ0v) is 9.64. The standard InChI is InChI=1S/C12H8N4O3/c13-5-8-4-11(16-12(17)15-8)14-7-1-2-9-10(3-7)19-6-18-9/h1-4H,6H2,(H2,14,15,16,17). The van der Waals surface area contributed by atoms with Crippen LogP contribution in [0.5, 0.6) is 11.5 Å². The molecule has 1 aromatic heterocycles. The summed E-state index contributed by atoms with van der Waals surface area (Å²) < 4.78 is 10.4. The number of nitrogens with one attached hydrogen (secondary N) is 2. The summed E-state index contributed by atoms with van der Waals surface area (Å²) in [5.74, 6) is 1.58. The highest BCUT2D eigenvalue weighted by Gasteiger charge is 2.13. The van der Waals surface area contributed by atoms with Crippen molar-refractivity contribution in [3.63, 3.8) is 0 Å². The van der Waals surface area contributed by atoms with Crippen molar-refractivity contribution in [1.29, 1.82) is 5.26 Å². The van der Waals surface area contributed by atoms with Crippen molar-refractivity contribution in [2.75, 3.05) is 12.1 Å². The number of hydrogen-bond acceptors (Lipinski definition) is 6. The second-order valence-electron chi connectivity index (χ2n) is 3.79. The predicted molar refractivity (Wildman–Crippen MR) is 65.4 cm³/mol. The van der Waals surface area contributed by atoms with Crippen LogP contribution in [0.2, 0.25) is 0 Å². The molecule has 0 aliphatic carbocycles. The van der Waals surface area contributed by atoms with Gasteiger partial charge in [-0.2, -0.15) is 10.2 Å². The molecule has 2 heterocycles. The number of nitriles is 1. The Balaban J connectivity index is 1.91. The van der Waals surface area contributed by atoms with Crippen molar-refractivity contribution in [1.82, 2.24) is 9.97 Å². The lowest BCUT2D eigenvalue weighted by Crippen LogP contribution is -2.13. The number of ether oxygens (including phenoxy) is 2. The lowest BCUT2D eigenvalue weighted by Gasteiger charge is -2.06. The molecule has 1 aliphatic heterocycles. The highest BCUT2D eigenvalue weighted by molar-refractivity contribution is 5.62. The third-order valence-electron chi connectivity index (χ3n) is 2.51. The van der Waals surface area contributed by atoms with E-state index in [9.17, 15) is 4.79 Å². The fourth-order valence-corrected chi connectivity index (χ4v) is 1.70. The smallest absolute Gasteiger partial charge is 0.347 e. The molecular formula is C12H8N4O3. The van der Waals surface area contributed by atoms with Crippen LogP contribution in [0.25, 0.3) is 0 Å². The molecule has 7 nitrogen and oxygen atoms in total. The van der Waals surface area contributed by atoms with E-state index in [1.807, 2.05) is 6.07 Å². The molecule has 2 aromatic rings. The SMILES string of the molecule is N#Cc1cc(Nc2ccc3c(c2)OCO3)nc(=O)[nH]1. The average Bonchev–Trinajstić information content (AvgIpc) is 2.85. The monoisotopic (exact) mass is 256 g/mol. The first kappa shape index (κ1) is 11.1. The minimum atomic E-state index is -0.581.